The number of hydrogen-bond acceptors (Lipinski definition) is 4. The minimum atomic E-state index is -0.394. The quantitative estimate of drug-likeness (QED) is 0.646. The second-order valence-corrected chi connectivity index (χ2v) is 8.41. The minimum Gasteiger partial charge on any atom is -0.341 e. The summed E-state index contributed by atoms with van der Waals surface area (Å²) in [7, 11) is 0. The molecule has 5 rings (SSSR count). The average molecular weight is 428 g/mol. The molecule has 1 saturated heterocycles. The predicted molar refractivity (Wildman–Crippen MR) is 119 cm³/mol. The van der Waals surface area contributed by atoms with Crippen LogP contribution in [0.1, 0.15) is 50.7 Å². The Hall–Kier alpha value is -3.74. The number of fused-ring (bicyclic) bond motifs is 1. The summed E-state index contributed by atoms with van der Waals surface area (Å²) in [4.78, 5) is 40.8. The van der Waals surface area contributed by atoms with Gasteiger partial charge in [-0.05, 0) is 43.0 Å². The molecule has 1 aromatic heterocycles. The van der Waals surface area contributed by atoms with Crippen molar-refractivity contribution in [1.82, 2.24) is 20.0 Å². The van der Waals surface area contributed by atoms with E-state index in [-0.39, 0.29) is 18.4 Å². The van der Waals surface area contributed by atoms with E-state index in [0.717, 1.165) is 29.0 Å². The van der Waals surface area contributed by atoms with Crippen molar-refractivity contribution in [3.8, 4) is 11.1 Å². The van der Waals surface area contributed by atoms with E-state index in [9.17, 15) is 14.4 Å². The van der Waals surface area contributed by atoms with Crippen molar-refractivity contribution in [3.05, 3.63) is 77.1 Å². The lowest BCUT2D eigenvalue weighted by Crippen LogP contribution is -2.45. The third-order valence-electron chi connectivity index (χ3n) is 6.53. The van der Waals surface area contributed by atoms with Crippen LogP contribution in [0, 0.1) is 6.92 Å². The number of nitrogens with zero attached hydrogens (tertiary/aromatic N) is 3. The fraction of sp³-hybridized carbons (Fsp3) is 0.280. The summed E-state index contributed by atoms with van der Waals surface area (Å²) in [6, 6.07) is 14.9. The molecular formula is C25H24N4O3. The number of aromatic amines is 1. The van der Waals surface area contributed by atoms with Crippen molar-refractivity contribution in [1.29, 1.82) is 0 Å². The second kappa shape index (κ2) is 8.07. The van der Waals surface area contributed by atoms with Crippen LogP contribution in [0.3, 0.4) is 0 Å². The summed E-state index contributed by atoms with van der Waals surface area (Å²) >= 11 is 0. The first-order valence-corrected chi connectivity index (χ1v) is 10.9. The van der Waals surface area contributed by atoms with E-state index in [0.29, 0.717) is 24.2 Å². The summed E-state index contributed by atoms with van der Waals surface area (Å²) in [6.45, 7) is 3.04. The van der Waals surface area contributed by atoms with Crippen LogP contribution in [-0.4, -0.2) is 57.4 Å². The van der Waals surface area contributed by atoms with E-state index in [4.69, 9.17) is 0 Å². The molecule has 0 aliphatic carbocycles. The predicted octanol–water partition coefficient (Wildman–Crippen LogP) is 3.39. The lowest BCUT2D eigenvalue weighted by atomic mass is 9.88. The number of H-pyrrole nitrogens is 1. The average Bonchev–Trinajstić information content (AvgIpc) is 3.39. The third-order valence-corrected chi connectivity index (χ3v) is 6.53. The molecule has 0 spiro atoms. The number of piperidine rings is 1. The van der Waals surface area contributed by atoms with Gasteiger partial charge in [-0.1, -0.05) is 36.4 Å². The smallest absolute Gasteiger partial charge is 0.262 e. The molecule has 32 heavy (non-hydrogen) atoms. The van der Waals surface area contributed by atoms with Gasteiger partial charge in [0.1, 0.15) is 6.54 Å². The monoisotopic (exact) mass is 428 g/mol. The van der Waals surface area contributed by atoms with E-state index in [2.05, 4.69) is 29.3 Å². The van der Waals surface area contributed by atoms with Gasteiger partial charge >= 0.3 is 0 Å². The number of imide groups is 1. The minimum absolute atomic E-state index is 0.193. The largest absolute Gasteiger partial charge is 0.341 e. The lowest BCUT2D eigenvalue weighted by Gasteiger charge is -2.32. The van der Waals surface area contributed by atoms with Gasteiger partial charge < -0.3 is 4.90 Å². The van der Waals surface area contributed by atoms with Crippen molar-refractivity contribution in [3.63, 3.8) is 0 Å². The number of aromatic nitrogens is 2. The van der Waals surface area contributed by atoms with Crippen molar-refractivity contribution in [2.45, 2.75) is 25.7 Å². The van der Waals surface area contributed by atoms with Gasteiger partial charge in [0.05, 0.1) is 17.3 Å². The Labute approximate surface area is 186 Å². The fourth-order valence-electron chi connectivity index (χ4n) is 4.73. The number of nitrogens with one attached hydrogen (secondary N) is 1. The summed E-state index contributed by atoms with van der Waals surface area (Å²) in [5.74, 6) is -0.708. The summed E-state index contributed by atoms with van der Waals surface area (Å²) < 4.78 is 0. The first-order chi connectivity index (χ1) is 15.5. The van der Waals surface area contributed by atoms with Crippen LogP contribution >= 0.6 is 0 Å². The number of likely N-dealkylation sites (tertiary alicyclic amines) is 1. The fourth-order valence-corrected chi connectivity index (χ4v) is 4.73. The molecule has 0 unspecified atom stereocenters. The molecule has 162 valence electrons. The Morgan fingerprint density at radius 3 is 2.16 bits per heavy atom. The van der Waals surface area contributed by atoms with Gasteiger partial charge in [-0.15, -0.1) is 0 Å². The standard InChI is InChI=1S/C25H24N4O3/c1-16-6-2-3-7-18(16)21-14-26-27-23(21)17-10-12-28(13-11-17)22(30)15-29-24(31)19-8-4-5-9-20(19)25(29)32/h2-9,14,17H,10-13,15H2,1H3,(H,26,27). The van der Waals surface area contributed by atoms with Gasteiger partial charge in [0.15, 0.2) is 0 Å². The zero-order valence-corrected chi connectivity index (χ0v) is 17.9. The van der Waals surface area contributed by atoms with Crippen LogP contribution in [-0.2, 0) is 4.79 Å². The van der Waals surface area contributed by atoms with Gasteiger partial charge in [0.2, 0.25) is 5.91 Å². The number of rotatable bonds is 4. The third kappa shape index (κ3) is 3.39. The molecule has 7 nitrogen and oxygen atoms in total. The van der Waals surface area contributed by atoms with E-state index in [1.165, 1.54) is 11.1 Å². The SMILES string of the molecule is Cc1ccccc1-c1cn[nH]c1C1CCN(C(=O)CN2C(=O)c3ccccc3C2=O)CC1. The Morgan fingerprint density at radius 2 is 1.53 bits per heavy atom. The Bertz CT molecular complexity index is 1170. The number of amides is 3. The normalized spacial score (nSPS) is 16.5. The second-order valence-electron chi connectivity index (χ2n) is 8.41. The molecule has 3 aromatic rings. The maximum Gasteiger partial charge on any atom is 0.262 e. The van der Waals surface area contributed by atoms with Crippen molar-refractivity contribution in [2.24, 2.45) is 0 Å². The number of hydrogen-bond donors (Lipinski definition) is 1. The van der Waals surface area contributed by atoms with E-state index in [1.54, 1.807) is 29.2 Å². The van der Waals surface area contributed by atoms with Crippen LogP contribution in [0.2, 0.25) is 0 Å². The zero-order valence-electron chi connectivity index (χ0n) is 17.9. The summed E-state index contributed by atoms with van der Waals surface area (Å²) in [5, 5.41) is 7.46. The Balaban J connectivity index is 1.24. The Kier molecular flexibility index (Phi) is 5.09. The van der Waals surface area contributed by atoms with Gasteiger partial charge in [0, 0.05) is 30.3 Å². The van der Waals surface area contributed by atoms with Gasteiger partial charge in [-0.2, -0.15) is 5.10 Å². The topological polar surface area (TPSA) is 86.4 Å². The molecule has 0 saturated carbocycles. The van der Waals surface area contributed by atoms with Crippen LogP contribution in [0.15, 0.2) is 54.7 Å². The van der Waals surface area contributed by atoms with E-state index in [1.807, 2.05) is 18.3 Å². The molecule has 2 aliphatic heterocycles. The number of carbonyl (C=O) groups is 3. The first kappa shape index (κ1) is 20.2. The molecule has 3 heterocycles. The molecule has 0 bridgehead atoms. The van der Waals surface area contributed by atoms with Crippen LogP contribution in [0.25, 0.3) is 11.1 Å². The maximum absolute atomic E-state index is 12.9. The van der Waals surface area contributed by atoms with Gasteiger partial charge in [-0.25, -0.2) is 0 Å². The molecular weight excluding hydrogens is 404 g/mol. The molecule has 3 amide bonds. The number of aryl methyl sites for hydroxylation is 1. The van der Waals surface area contributed by atoms with Gasteiger partial charge in [-0.3, -0.25) is 24.4 Å². The molecule has 0 atom stereocenters. The summed E-state index contributed by atoms with van der Waals surface area (Å²) in [5.41, 5.74) is 5.31. The highest BCUT2D eigenvalue weighted by Crippen LogP contribution is 2.35. The van der Waals surface area contributed by atoms with Crippen LogP contribution in [0.4, 0.5) is 0 Å². The van der Waals surface area contributed by atoms with Crippen LogP contribution < -0.4 is 0 Å². The van der Waals surface area contributed by atoms with Gasteiger partial charge in [0.25, 0.3) is 11.8 Å². The molecule has 2 aromatic carbocycles. The van der Waals surface area contributed by atoms with Crippen molar-refractivity contribution >= 4 is 17.7 Å². The molecule has 7 heteroatoms. The molecule has 1 N–H and O–H groups in total. The molecule has 0 radical (unpaired) electrons. The first-order valence-electron chi connectivity index (χ1n) is 10.9. The Morgan fingerprint density at radius 1 is 0.938 bits per heavy atom. The van der Waals surface area contributed by atoms with Crippen molar-refractivity contribution < 1.29 is 14.4 Å². The number of carbonyl (C=O) groups excluding carboxylic acids is 3. The highest BCUT2D eigenvalue weighted by atomic mass is 16.2. The highest BCUT2D eigenvalue weighted by molar-refractivity contribution is 6.22. The molecule has 2 aliphatic rings. The number of benzene rings is 2. The molecule has 1 fully saturated rings. The van der Waals surface area contributed by atoms with E-state index < -0.39 is 11.8 Å². The summed E-state index contributed by atoms with van der Waals surface area (Å²) in [6.07, 6.45) is 3.47. The van der Waals surface area contributed by atoms with E-state index >= 15 is 0 Å². The van der Waals surface area contributed by atoms with Crippen molar-refractivity contribution in [2.75, 3.05) is 19.6 Å². The lowest BCUT2D eigenvalue weighted by molar-refractivity contribution is -0.132. The maximum atomic E-state index is 12.9. The highest BCUT2D eigenvalue weighted by Gasteiger charge is 2.37. The van der Waals surface area contributed by atoms with Crippen LogP contribution in [0.5, 0.6) is 0 Å². The zero-order chi connectivity index (χ0) is 22.2.